The molecular weight excluding hydrogens is 274 g/mol. The van der Waals surface area contributed by atoms with Crippen molar-refractivity contribution in [3.05, 3.63) is 35.9 Å². The van der Waals surface area contributed by atoms with E-state index in [-0.39, 0.29) is 13.0 Å². The molecule has 0 aliphatic rings. The maximum Gasteiger partial charge on any atom is 0.408 e. The quantitative estimate of drug-likeness (QED) is 0.525. The fourth-order valence-corrected chi connectivity index (χ4v) is 1.72. The lowest BCUT2D eigenvalue weighted by molar-refractivity contribution is -0.139. The second-order valence-electron chi connectivity index (χ2n) is 4.69. The van der Waals surface area contributed by atoms with Gasteiger partial charge in [-0.25, -0.2) is 9.59 Å². The molecule has 1 atom stereocenters. The normalized spacial score (nSPS) is 12.0. The number of nitrogens with one attached hydrogen (secondary N) is 1. The third-order valence-corrected chi connectivity index (χ3v) is 2.83. The van der Waals surface area contributed by atoms with Gasteiger partial charge < -0.3 is 26.6 Å². The number of carbonyl (C=O) groups excluding carboxylic acids is 1. The Morgan fingerprint density at radius 1 is 1.19 bits per heavy atom. The van der Waals surface area contributed by atoms with Crippen molar-refractivity contribution in [3.8, 4) is 0 Å². The maximum atomic E-state index is 11.6. The van der Waals surface area contributed by atoms with Crippen molar-refractivity contribution in [1.29, 1.82) is 0 Å². The van der Waals surface area contributed by atoms with E-state index in [0.29, 0.717) is 12.8 Å². The Bertz CT molecular complexity index is 451. The Labute approximate surface area is 123 Å². The Kier molecular flexibility index (Phi) is 7.20. The Balaban J connectivity index is 2.36. The van der Waals surface area contributed by atoms with Gasteiger partial charge in [-0.3, -0.25) is 0 Å². The number of alkyl carbamates (subject to hydrolysis) is 1. The molecule has 0 aliphatic carbocycles. The number of carboxylic acid groups (broad SMARTS) is 1. The van der Waals surface area contributed by atoms with Crippen LogP contribution in [0, 0.1) is 0 Å². The highest BCUT2D eigenvalue weighted by Crippen LogP contribution is 2.04. The van der Waals surface area contributed by atoms with Crippen LogP contribution in [0.5, 0.6) is 0 Å². The van der Waals surface area contributed by atoms with Crippen molar-refractivity contribution in [2.24, 2.45) is 11.5 Å². The fraction of sp³-hybridized carbons (Fsp3) is 0.429. The molecule has 7 heteroatoms. The zero-order valence-corrected chi connectivity index (χ0v) is 11.7. The van der Waals surface area contributed by atoms with Crippen LogP contribution in [0.2, 0.25) is 0 Å². The molecule has 116 valence electrons. The molecule has 0 radical (unpaired) electrons. The monoisotopic (exact) mass is 295 g/mol. The summed E-state index contributed by atoms with van der Waals surface area (Å²) in [6.45, 7) is 0.0900. The van der Waals surface area contributed by atoms with Crippen molar-refractivity contribution < 1.29 is 19.4 Å². The SMILES string of the molecule is NC(N)CCC[C@H](NC(=O)OCc1ccccc1)C(=O)O. The zero-order valence-electron chi connectivity index (χ0n) is 11.7. The molecule has 0 fully saturated rings. The van der Waals surface area contributed by atoms with Gasteiger partial charge in [0.25, 0.3) is 0 Å². The minimum Gasteiger partial charge on any atom is -0.480 e. The summed E-state index contributed by atoms with van der Waals surface area (Å²) in [5.74, 6) is -1.11. The first-order valence-electron chi connectivity index (χ1n) is 6.70. The number of ether oxygens (including phenoxy) is 1. The van der Waals surface area contributed by atoms with Crippen molar-refractivity contribution >= 4 is 12.1 Å². The number of carboxylic acids is 1. The predicted molar refractivity (Wildman–Crippen MR) is 77.2 cm³/mol. The van der Waals surface area contributed by atoms with Crippen molar-refractivity contribution in [2.75, 3.05) is 0 Å². The molecule has 0 saturated heterocycles. The molecule has 0 heterocycles. The summed E-state index contributed by atoms with van der Waals surface area (Å²) in [4.78, 5) is 22.6. The summed E-state index contributed by atoms with van der Waals surface area (Å²) in [6.07, 6.45) is 0.00600. The molecule has 0 aromatic heterocycles. The highest BCUT2D eigenvalue weighted by Gasteiger charge is 2.20. The topological polar surface area (TPSA) is 128 Å². The van der Waals surface area contributed by atoms with Gasteiger partial charge in [-0.15, -0.1) is 0 Å². The predicted octanol–water partition coefficient (Wildman–Crippen LogP) is 0.780. The molecule has 0 saturated carbocycles. The van der Waals surface area contributed by atoms with E-state index >= 15 is 0 Å². The van der Waals surface area contributed by atoms with Gasteiger partial charge in [0.15, 0.2) is 0 Å². The van der Waals surface area contributed by atoms with Gasteiger partial charge in [-0.1, -0.05) is 30.3 Å². The molecule has 1 aromatic rings. The van der Waals surface area contributed by atoms with Crippen LogP contribution in [0.4, 0.5) is 4.79 Å². The highest BCUT2D eigenvalue weighted by molar-refractivity contribution is 5.79. The molecule has 0 unspecified atom stereocenters. The molecule has 0 aliphatic heterocycles. The summed E-state index contributed by atoms with van der Waals surface area (Å²) in [7, 11) is 0. The van der Waals surface area contributed by atoms with Crippen LogP contribution in [0.25, 0.3) is 0 Å². The molecule has 6 N–H and O–H groups in total. The van der Waals surface area contributed by atoms with Crippen LogP contribution in [0.15, 0.2) is 30.3 Å². The maximum absolute atomic E-state index is 11.6. The Hall–Kier alpha value is -2.12. The largest absolute Gasteiger partial charge is 0.480 e. The molecule has 1 rings (SSSR count). The van der Waals surface area contributed by atoms with E-state index in [1.165, 1.54) is 0 Å². The molecule has 21 heavy (non-hydrogen) atoms. The van der Waals surface area contributed by atoms with Crippen molar-refractivity contribution in [3.63, 3.8) is 0 Å². The minimum atomic E-state index is -1.11. The number of benzene rings is 1. The van der Waals surface area contributed by atoms with Crippen LogP contribution < -0.4 is 16.8 Å². The average Bonchev–Trinajstić information content (AvgIpc) is 2.44. The molecule has 1 aromatic carbocycles. The first kappa shape index (κ1) is 16.9. The van der Waals surface area contributed by atoms with E-state index in [9.17, 15) is 9.59 Å². The Morgan fingerprint density at radius 2 is 1.86 bits per heavy atom. The van der Waals surface area contributed by atoms with E-state index in [2.05, 4.69) is 5.32 Å². The van der Waals surface area contributed by atoms with Crippen LogP contribution in [0.3, 0.4) is 0 Å². The van der Waals surface area contributed by atoms with E-state index < -0.39 is 24.3 Å². The number of hydrogen-bond donors (Lipinski definition) is 4. The average molecular weight is 295 g/mol. The lowest BCUT2D eigenvalue weighted by Gasteiger charge is -2.15. The number of hydrogen-bond acceptors (Lipinski definition) is 5. The summed E-state index contributed by atoms with van der Waals surface area (Å²) < 4.78 is 4.97. The summed E-state index contributed by atoms with van der Waals surface area (Å²) in [6, 6.07) is 8.12. The van der Waals surface area contributed by atoms with Crippen LogP contribution >= 0.6 is 0 Å². The lowest BCUT2D eigenvalue weighted by Crippen LogP contribution is -2.41. The molecule has 7 nitrogen and oxygen atoms in total. The van der Waals surface area contributed by atoms with E-state index in [4.69, 9.17) is 21.3 Å². The highest BCUT2D eigenvalue weighted by atomic mass is 16.5. The van der Waals surface area contributed by atoms with Crippen LogP contribution in [-0.4, -0.2) is 29.4 Å². The van der Waals surface area contributed by atoms with Gasteiger partial charge in [0.1, 0.15) is 12.6 Å². The second-order valence-corrected chi connectivity index (χ2v) is 4.69. The fourth-order valence-electron chi connectivity index (χ4n) is 1.72. The lowest BCUT2D eigenvalue weighted by atomic mass is 10.1. The summed E-state index contributed by atoms with van der Waals surface area (Å²) >= 11 is 0. The second kappa shape index (κ2) is 8.93. The first-order chi connectivity index (χ1) is 9.99. The van der Waals surface area contributed by atoms with Crippen LogP contribution in [-0.2, 0) is 16.1 Å². The number of rotatable bonds is 8. The van der Waals surface area contributed by atoms with Crippen LogP contribution in [0.1, 0.15) is 24.8 Å². The molecule has 1 amide bonds. The molecule has 0 bridgehead atoms. The number of aliphatic carboxylic acids is 1. The van der Waals surface area contributed by atoms with Gasteiger partial charge in [0.2, 0.25) is 0 Å². The minimum absolute atomic E-state index is 0.0900. The van der Waals surface area contributed by atoms with Gasteiger partial charge in [-0.05, 0) is 24.8 Å². The van der Waals surface area contributed by atoms with Crippen molar-refractivity contribution in [2.45, 2.75) is 38.1 Å². The van der Waals surface area contributed by atoms with Gasteiger partial charge in [-0.2, -0.15) is 0 Å². The first-order valence-corrected chi connectivity index (χ1v) is 6.70. The van der Waals surface area contributed by atoms with Gasteiger partial charge in [0.05, 0.1) is 6.17 Å². The van der Waals surface area contributed by atoms with E-state index in [1.807, 2.05) is 30.3 Å². The smallest absolute Gasteiger partial charge is 0.408 e. The number of carbonyl (C=O) groups is 2. The van der Waals surface area contributed by atoms with Gasteiger partial charge >= 0.3 is 12.1 Å². The summed E-state index contributed by atoms with van der Waals surface area (Å²) in [5.41, 5.74) is 11.6. The molecular formula is C14H21N3O4. The third kappa shape index (κ3) is 7.28. The standard InChI is InChI=1S/C14H21N3O4/c15-12(16)8-4-7-11(13(18)19)17-14(20)21-9-10-5-2-1-3-6-10/h1-3,5-6,11-12H,4,7-9,15-16H2,(H,17,20)(H,18,19)/t11-/m0/s1. The van der Waals surface area contributed by atoms with Crippen molar-refractivity contribution in [1.82, 2.24) is 5.32 Å². The van der Waals surface area contributed by atoms with E-state index in [0.717, 1.165) is 5.56 Å². The number of nitrogens with two attached hydrogens (primary N) is 2. The Morgan fingerprint density at radius 3 is 2.43 bits per heavy atom. The zero-order chi connectivity index (χ0) is 15.7. The van der Waals surface area contributed by atoms with E-state index in [1.54, 1.807) is 0 Å². The number of amides is 1. The molecule has 0 spiro atoms. The third-order valence-electron chi connectivity index (χ3n) is 2.83. The summed E-state index contributed by atoms with van der Waals surface area (Å²) in [5, 5.41) is 11.4. The van der Waals surface area contributed by atoms with Gasteiger partial charge in [0, 0.05) is 0 Å².